The quantitative estimate of drug-likeness (QED) is 0.806. The number of aromatic nitrogens is 2. The van der Waals surface area contributed by atoms with Crippen LogP contribution in [0.1, 0.15) is 23.9 Å². The lowest BCUT2D eigenvalue weighted by Crippen LogP contribution is -2.07. The van der Waals surface area contributed by atoms with Gasteiger partial charge in [-0.2, -0.15) is 16.1 Å². The topological polar surface area (TPSA) is 47.0 Å². The number of rotatable bonds is 5. The Morgan fingerprint density at radius 3 is 3.27 bits per heavy atom. The maximum atomic E-state index is 4.96. The molecule has 1 unspecified atom stereocenters. The highest BCUT2D eigenvalue weighted by molar-refractivity contribution is 7.99. The minimum absolute atomic E-state index is 0.527. The van der Waals surface area contributed by atoms with E-state index in [1.165, 1.54) is 30.1 Å². The first-order chi connectivity index (χ1) is 7.40. The van der Waals surface area contributed by atoms with Gasteiger partial charge >= 0.3 is 0 Å². The highest BCUT2D eigenvalue weighted by Crippen LogP contribution is 2.39. The molecule has 1 aliphatic rings. The number of methoxy groups -OCH3 is 1. The molecule has 1 aliphatic heterocycles. The Morgan fingerprint density at radius 2 is 2.53 bits per heavy atom. The van der Waals surface area contributed by atoms with Gasteiger partial charge in [-0.25, -0.2) is 4.98 Å². The van der Waals surface area contributed by atoms with Crippen LogP contribution < -0.4 is 5.32 Å². The van der Waals surface area contributed by atoms with E-state index in [2.05, 4.69) is 14.7 Å². The van der Waals surface area contributed by atoms with Crippen molar-refractivity contribution < 1.29 is 4.74 Å². The van der Waals surface area contributed by atoms with Crippen LogP contribution in [0, 0.1) is 0 Å². The molecule has 1 aromatic heterocycles. The highest BCUT2D eigenvalue weighted by Gasteiger charge is 2.21. The number of ether oxygens (including phenoxy) is 1. The lowest BCUT2D eigenvalue weighted by atomic mass is 10.2. The molecule has 15 heavy (non-hydrogen) atoms. The van der Waals surface area contributed by atoms with E-state index in [9.17, 15) is 0 Å². The molecule has 6 heteroatoms. The maximum absolute atomic E-state index is 4.96. The number of anilines is 1. The molecule has 0 radical (unpaired) electrons. The summed E-state index contributed by atoms with van der Waals surface area (Å²) in [6.07, 6.45) is 2.51. The van der Waals surface area contributed by atoms with E-state index in [0.29, 0.717) is 11.9 Å². The van der Waals surface area contributed by atoms with E-state index in [0.717, 1.165) is 17.5 Å². The number of nitrogens with zero attached hydrogens (tertiary/aromatic N) is 2. The summed E-state index contributed by atoms with van der Waals surface area (Å²) in [5, 5.41) is 4.64. The van der Waals surface area contributed by atoms with Crippen LogP contribution in [0.3, 0.4) is 0 Å². The molecule has 84 valence electrons. The van der Waals surface area contributed by atoms with Crippen LogP contribution in [0.15, 0.2) is 0 Å². The third-order valence-electron chi connectivity index (χ3n) is 2.24. The first-order valence-electron chi connectivity index (χ1n) is 5.08. The van der Waals surface area contributed by atoms with Crippen molar-refractivity contribution in [3.8, 4) is 0 Å². The predicted octanol–water partition coefficient (Wildman–Crippen LogP) is 2.16. The maximum Gasteiger partial charge on any atom is 0.202 e. The molecule has 1 N–H and O–H groups in total. The normalized spacial score (nSPS) is 20.7. The molecule has 1 fully saturated rings. The van der Waals surface area contributed by atoms with Gasteiger partial charge in [0.2, 0.25) is 5.13 Å². The fourth-order valence-electron chi connectivity index (χ4n) is 1.48. The second-order valence-electron chi connectivity index (χ2n) is 3.38. The van der Waals surface area contributed by atoms with E-state index >= 15 is 0 Å². The summed E-state index contributed by atoms with van der Waals surface area (Å²) in [4.78, 5) is 4.48. The minimum atomic E-state index is 0.527. The fraction of sp³-hybridized carbons (Fsp3) is 0.778. The zero-order chi connectivity index (χ0) is 10.5. The van der Waals surface area contributed by atoms with Crippen molar-refractivity contribution >= 4 is 28.4 Å². The lowest BCUT2D eigenvalue weighted by Gasteiger charge is -2.01. The average molecular weight is 245 g/mol. The molecule has 2 rings (SSSR count). The molecule has 1 saturated heterocycles. The van der Waals surface area contributed by atoms with Gasteiger partial charge in [-0.3, -0.25) is 0 Å². The molecule has 0 bridgehead atoms. The van der Waals surface area contributed by atoms with Crippen LogP contribution in [-0.2, 0) is 4.74 Å². The molecule has 1 aromatic rings. The Labute approximate surface area is 98.0 Å². The van der Waals surface area contributed by atoms with Gasteiger partial charge in [0, 0.05) is 25.2 Å². The molecule has 2 heterocycles. The number of hydrogen-bond acceptors (Lipinski definition) is 6. The smallest absolute Gasteiger partial charge is 0.202 e. The lowest BCUT2D eigenvalue weighted by molar-refractivity contribution is 0.211. The summed E-state index contributed by atoms with van der Waals surface area (Å²) in [7, 11) is 1.70. The molecule has 0 saturated carbocycles. The van der Waals surface area contributed by atoms with Crippen LogP contribution in [0.5, 0.6) is 0 Å². The standard InChI is InChI=1S/C9H15N3OS2/c1-13-5-4-10-9-11-8(12-15-9)7-3-2-6-14-7/h7H,2-6H2,1H3,(H,10,11,12). The SMILES string of the molecule is COCCNc1nc(C2CCCS2)ns1. The fourth-order valence-corrected chi connectivity index (χ4v) is 3.40. The van der Waals surface area contributed by atoms with Gasteiger partial charge in [-0.1, -0.05) is 0 Å². The van der Waals surface area contributed by atoms with Crippen molar-refractivity contribution in [2.75, 3.05) is 31.3 Å². The van der Waals surface area contributed by atoms with Gasteiger partial charge in [-0.05, 0) is 18.6 Å². The van der Waals surface area contributed by atoms with Gasteiger partial charge < -0.3 is 10.1 Å². The van der Waals surface area contributed by atoms with Gasteiger partial charge in [0.1, 0.15) is 0 Å². The summed E-state index contributed by atoms with van der Waals surface area (Å²) < 4.78 is 9.34. The van der Waals surface area contributed by atoms with E-state index in [1.54, 1.807) is 7.11 Å². The van der Waals surface area contributed by atoms with E-state index < -0.39 is 0 Å². The monoisotopic (exact) mass is 245 g/mol. The first-order valence-corrected chi connectivity index (χ1v) is 6.90. The van der Waals surface area contributed by atoms with Gasteiger partial charge in [0.05, 0.1) is 11.9 Å². The zero-order valence-corrected chi connectivity index (χ0v) is 10.4. The molecule has 0 spiro atoms. The summed E-state index contributed by atoms with van der Waals surface area (Å²) in [6, 6.07) is 0. The Bertz CT molecular complexity index is 299. The Balaban J connectivity index is 1.86. The molecule has 0 amide bonds. The second-order valence-corrected chi connectivity index (χ2v) is 5.44. The van der Waals surface area contributed by atoms with E-state index in [1.807, 2.05) is 11.8 Å². The summed E-state index contributed by atoms with van der Waals surface area (Å²) >= 11 is 3.41. The largest absolute Gasteiger partial charge is 0.383 e. The third-order valence-corrected chi connectivity index (χ3v) is 4.30. The van der Waals surface area contributed by atoms with Crippen molar-refractivity contribution in [3.63, 3.8) is 0 Å². The Morgan fingerprint density at radius 1 is 1.60 bits per heavy atom. The van der Waals surface area contributed by atoms with E-state index in [4.69, 9.17) is 4.74 Å². The van der Waals surface area contributed by atoms with Crippen LogP contribution in [0.2, 0.25) is 0 Å². The second kappa shape index (κ2) is 5.67. The molecule has 0 aliphatic carbocycles. The summed E-state index contributed by atoms with van der Waals surface area (Å²) in [5.41, 5.74) is 0. The van der Waals surface area contributed by atoms with E-state index in [-0.39, 0.29) is 0 Å². The van der Waals surface area contributed by atoms with Gasteiger partial charge in [-0.15, -0.1) is 0 Å². The molecule has 0 aromatic carbocycles. The van der Waals surface area contributed by atoms with Crippen LogP contribution in [-0.4, -0.2) is 35.4 Å². The first kappa shape index (κ1) is 11.2. The van der Waals surface area contributed by atoms with Crippen molar-refractivity contribution in [3.05, 3.63) is 5.82 Å². The number of hydrogen-bond donors (Lipinski definition) is 1. The van der Waals surface area contributed by atoms with Crippen molar-refractivity contribution in [2.24, 2.45) is 0 Å². The van der Waals surface area contributed by atoms with Crippen molar-refractivity contribution in [1.82, 2.24) is 9.36 Å². The Hall–Kier alpha value is -0.330. The molecular weight excluding hydrogens is 230 g/mol. The average Bonchev–Trinajstić information content (AvgIpc) is 2.87. The summed E-state index contributed by atoms with van der Waals surface area (Å²) in [6.45, 7) is 1.50. The number of nitrogens with one attached hydrogen (secondary N) is 1. The highest BCUT2D eigenvalue weighted by atomic mass is 32.2. The molecular formula is C9H15N3OS2. The molecule has 4 nitrogen and oxygen atoms in total. The molecule has 1 atom stereocenters. The van der Waals surface area contributed by atoms with Crippen molar-refractivity contribution in [2.45, 2.75) is 18.1 Å². The summed E-state index contributed by atoms with van der Waals surface area (Å²) in [5.74, 6) is 2.25. The number of thioether (sulfide) groups is 1. The van der Waals surface area contributed by atoms with Gasteiger partial charge in [0.25, 0.3) is 0 Å². The van der Waals surface area contributed by atoms with Crippen molar-refractivity contribution in [1.29, 1.82) is 0 Å². The van der Waals surface area contributed by atoms with Crippen LogP contribution in [0.25, 0.3) is 0 Å². The third kappa shape index (κ3) is 3.06. The zero-order valence-electron chi connectivity index (χ0n) is 8.73. The van der Waals surface area contributed by atoms with Crippen LogP contribution in [0.4, 0.5) is 5.13 Å². The predicted molar refractivity (Wildman–Crippen MR) is 64.7 cm³/mol. The van der Waals surface area contributed by atoms with Gasteiger partial charge in [0.15, 0.2) is 5.82 Å². The minimum Gasteiger partial charge on any atom is -0.383 e. The van der Waals surface area contributed by atoms with Crippen LogP contribution >= 0.6 is 23.3 Å². The Kier molecular flexibility index (Phi) is 4.22.